The molecule has 102 valence electrons. The van der Waals surface area contributed by atoms with Crippen LogP contribution in [0, 0.1) is 5.82 Å². The number of amides is 1. The van der Waals surface area contributed by atoms with E-state index < -0.39 is 5.82 Å². The first-order valence-electron chi connectivity index (χ1n) is 5.88. The number of rotatable bonds is 5. The smallest absolute Gasteiger partial charge is 0.217 e. The summed E-state index contributed by atoms with van der Waals surface area (Å²) in [6, 6.07) is 2.76. The number of imidazole rings is 1. The molecule has 0 atom stereocenters. The van der Waals surface area contributed by atoms with Gasteiger partial charge in [0.25, 0.3) is 0 Å². The highest BCUT2D eigenvalue weighted by Gasteiger charge is 2.11. The van der Waals surface area contributed by atoms with Gasteiger partial charge in [-0.2, -0.15) is 0 Å². The van der Waals surface area contributed by atoms with E-state index in [-0.39, 0.29) is 10.9 Å². The number of fused-ring (bicyclic) bond motifs is 1. The molecule has 0 saturated carbocycles. The zero-order valence-electron chi connectivity index (χ0n) is 10.2. The summed E-state index contributed by atoms with van der Waals surface area (Å²) < 4.78 is 15.2. The maximum Gasteiger partial charge on any atom is 0.217 e. The van der Waals surface area contributed by atoms with Crippen LogP contribution in [0.4, 0.5) is 10.3 Å². The summed E-state index contributed by atoms with van der Waals surface area (Å²) in [5.41, 5.74) is 12.0. The standard InChI is InChI=1S/C12H14ClFN4O/c13-7-5-9-10(6-8(7)14)18(12(16)17-9)4-2-1-3-11(15)19/h5-6H,1-4H2,(H2,15,19)(H2,16,17). The van der Waals surface area contributed by atoms with E-state index in [1.165, 1.54) is 12.1 Å². The predicted molar refractivity (Wildman–Crippen MR) is 72.2 cm³/mol. The van der Waals surface area contributed by atoms with E-state index in [0.29, 0.717) is 42.8 Å². The number of carbonyl (C=O) groups is 1. The number of hydrogen-bond acceptors (Lipinski definition) is 3. The van der Waals surface area contributed by atoms with E-state index in [0.717, 1.165) is 0 Å². The lowest BCUT2D eigenvalue weighted by Crippen LogP contribution is -2.10. The molecule has 2 aromatic rings. The van der Waals surface area contributed by atoms with E-state index in [1.807, 2.05) is 0 Å². The topological polar surface area (TPSA) is 86.9 Å². The summed E-state index contributed by atoms with van der Waals surface area (Å²) in [6.07, 6.45) is 1.69. The van der Waals surface area contributed by atoms with Crippen LogP contribution in [0.5, 0.6) is 0 Å². The molecular weight excluding hydrogens is 271 g/mol. The largest absolute Gasteiger partial charge is 0.370 e. The number of aryl methyl sites for hydroxylation is 1. The molecule has 0 aliphatic carbocycles. The normalized spacial score (nSPS) is 11.1. The molecule has 1 heterocycles. The summed E-state index contributed by atoms with van der Waals surface area (Å²) in [5.74, 6) is -0.538. The van der Waals surface area contributed by atoms with Crippen molar-refractivity contribution in [2.24, 2.45) is 5.73 Å². The van der Waals surface area contributed by atoms with Gasteiger partial charge in [0.1, 0.15) is 5.82 Å². The van der Waals surface area contributed by atoms with Crippen LogP contribution in [-0.2, 0) is 11.3 Å². The van der Waals surface area contributed by atoms with Crippen LogP contribution in [-0.4, -0.2) is 15.5 Å². The summed E-state index contributed by atoms with van der Waals surface area (Å²) in [6.45, 7) is 0.552. The van der Waals surface area contributed by atoms with Gasteiger partial charge in [-0.1, -0.05) is 11.6 Å². The summed E-state index contributed by atoms with van der Waals surface area (Å²) in [5, 5.41) is 0.0193. The Hall–Kier alpha value is -1.82. The number of nitrogens with zero attached hydrogens (tertiary/aromatic N) is 2. The number of aromatic nitrogens is 2. The maximum atomic E-state index is 13.5. The number of nitrogen functional groups attached to an aromatic ring is 1. The fourth-order valence-corrected chi connectivity index (χ4v) is 2.10. The van der Waals surface area contributed by atoms with Crippen LogP contribution in [0.15, 0.2) is 12.1 Å². The Balaban J connectivity index is 2.20. The number of carbonyl (C=O) groups excluding carboxylic acids is 1. The molecule has 0 radical (unpaired) electrons. The number of unbranched alkanes of at least 4 members (excludes halogenated alkanes) is 1. The van der Waals surface area contributed by atoms with Gasteiger partial charge in [0.15, 0.2) is 0 Å². The van der Waals surface area contributed by atoms with Gasteiger partial charge in [-0.05, 0) is 18.9 Å². The number of halogens is 2. The summed E-state index contributed by atoms with van der Waals surface area (Å²) >= 11 is 5.69. The van der Waals surface area contributed by atoms with E-state index in [1.54, 1.807) is 4.57 Å². The highest BCUT2D eigenvalue weighted by Crippen LogP contribution is 2.25. The molecule has 0 spiro atoms. The van der Waals surface area contributed by atoms with Crippen molar-refractivity contribution in [3.05, 3.63) is 23.0 Å². The Morgan fingerprint density at radius 3 is 2.84 bits per heavy atom. The average molecular weight is 285 g/mol. The van der Waals surface area contributed by atoms with Gasteiger partial charge in [0.05, 0.1) is 16.1 Å². The number of hydrogen-bond donors (Lipinski definition) is 2. The molecule has 4 N–H and O–H groups in total. The monoisotopic (exact) mass is 284 g/mol. The first-order valence-corrected chi connectivity index (χ1v) is 6.26. The molecule has 1 aromatic heterocycles. The van der Waals surface area contributed by atoms with Crippen LogP contribution < -0.4 is 11.5 Å². The minimum atomic E-state index is -0.507. The quantitative estimate of drug-likeness (QED) is 0.824. The van der Waals surface area contributed by atoms with Crippen molar-refractivity contribution in [3.8, 4) is 0 Å². The Labute approximate surface area is 114 Å². The predicted octanol–water partition coefficient (Wildman–Crippen LogP) is 2.07. The molecule has 1 amide bonds. The lowest BCUT2D eigenvalue weighted by atomic mass is 10.2. The minimum Gasteiger partial charge on any atom is -0.370 e. The first kappa shape index (κ1) is 13.6. The SMILES string of the molecule is NC(=O)CCCCn1c(N)nc2cc(Cl)c(F)cc21. The summed E-state index contributed by atoms with van der Waals surface area (Å²) in [4.78, 5) is 14.8. The van der Waals surface area contributed by atoms with Gasteiger partial charge in [0, 0.05) is 19.0 Å². The maximum absolute atomic E-state index is 13.5. The van der Waals surface area contributed by atoms with E-state index >= 15 is 0 Å². The van der Waals surface area contributed by atoms with Crippen molar-refractivity contribution in [3.63, 3.8) is 0 Å². The fraction of sp³-hybridized carbons (Fsp3) is 0.333. The lowest BCUT2D eigenvalue weighted by molar-refractivity contribution is -0.118. The summed E-state index contributed by atoms with van der Waals surface area (Å²) in [7, 11) is 0. The van der Waals surface area contributed by atoms with Crippen LogP contribution in [0.1, 0.15) is 19.3 Å². The molecule has 0 bridgehead atoms. The van der Waals surface area contributed by atoms with Crippen molar-refractivity contribution in [2.45, 2.75) is 25.8 Å². The van der Waals surface area contributed by atoms with Crippen molar-refractivity contribution in [2.75, 3.05) is 5.73 Å². The zero-order chi connectivity index (χ0) is 14.0. The third-order valence-corrected chi connectivity index (χ3v) is 3.16. The zero-order valence-corrected chi connectivity index (χ0v) is 11.0. The number of anilines is 1. The third-order valence-electron chi connectivity index (χ3n) is 2.87. The molecule has 1 aromatic carbocycles. The molecule has 0 fully saturated rings. The Kier molecular flexibility index (Phi) is 3.90. The van der Waals surface area contributed by atoms with Crippen molar-refractivity contribution < 1.29 is 9.18 Å². The van der Waals surface area contributed by atoms with Crippen LogP contribution in [0.3, 0.4) is 0 Å². The molecule has 0 aliphatic heterocycles. The molecular formula is C12H14ClFN4O. The second-order valence-corrected chi connectivity index (χ2v) is 4.71. The molecule has 0 unspecified atom stereocenters. The van der Waals surface area contributed by atoms with Crippen molar-refractivity contribution >= 4 is 34.5 Å². The first-order chi connectivity index (χ1) is 8.99. The molecule has 0 aliphatic rings. The van der Waals surface area contributed by atoms with Gasteiger partial charge >= 0.3 is 0 Å². The molecule has 7 heteroatoms. The van der Waals surface area contributed by atoms with Gasteiger partial charge in [-0.3, -0.25) is 4.79 Å². The number of nitrogens with two attached hydrogens (primary N) is 2. The third kappa shape index (κ3) is 2.96. The number of benzene rings is 1. The van der Waals surface area contributed by atoms with Crippen LogP contribution in [0.25, 0.3) is 11.0 Å². The van der Waals surface area contributed by atoms with Gasteiger partial charge in [-0.25, -0.2) is 9.37 Å². The highest BCUT2D eigenvalue weighted by molar-refractivity contribution is 6.31. The Morgan fingerprint density at radius 1 is 1.42 bits per heavy atom. The van der Waals surface area contributed by atoms with Crippen LogP contribution >= 0.6 is 11.6 Å². The molecule has 2 rings (SSSR count). The van der Waals surface area contributed by atoms with E-state index in [2.05, 4.69) is 4.98 Å². The van der Waals surface area contributed by atoms with Crippen molar-refractivity contribution in [1.82, 2.24) is 9.55 Å². The van der Waals surface area contributed by atoms with Crippen molar-refractivity contribution in [1.29, 1.82) is 0 Å². The molecule has 0 saturated heterocycles. The second kappa shape index (κ2) is 5.44. The average Bonchev–Trinajstić information content (AvgIpc) is 2.61. The lowest BCUT2D eigenvalue weighted by Gasteiger charge is -2.06. The minimum absolute atomic E-state index is 0.0193. The Morgan fingerprint density at radius 2 is 2.16 bits per heavy atom. The van der Waals surface area contributed by atoms with Gasteiger partial charge in [-0.15, -0.1) is 0 Å². The highest BCUT2D eigenvalue weighted by atomic mass is 35.5. The van der Waals surface area contributed by atoms with Crippen LogP contribution in [0.2, 0.25) is 5.02 Å². The van der Waals surface area contributed by atoms with Gasteiger partial charge < -0.3 is 16.0 Å². The fourth-order valence-electron chi connectivity index (χ4n) is 1.94. The number of primary amides is 1. The Bertz CT molecular complexity index is 626. The van der Waals surface area contributed by atoms with E-state index in [4.69, 9.17) is 23.1 Å². The van der Waals surface area contributed by atoms with Gasteiger partial charge in [0.2, 0.25) is 11.9 Å². The van der Waals surface area contributed by atoms with E-state index in [9.17, 15) is 9.18 Å². The molecule has 5 nitrogen and oxygen atoms in total. The second-order valence-electron chi connectivity index (χ2n) is 4.30. The molecule has 19 heavy (non-hydrogen) atoms.